The maximum absolute atomic E-state index is 5.70. The molecule has 0 unspecified atom stereocenters. The minimum absolute atomic E-state index is 0.231. The van der Waals surface area contributed by atoms with Crippen LogP contribution < -0.4 is 11.5 Å². The van der Waals surface area contributed by atoms with Gasteiger partial charge in [-0.2, -0.15) is 0 Å². The van der Waals surface area contributed by atoms with Crippen molar-refractivity contribution in [2.24, 2.45) is 11.5 Å². The second-order valence-electron chi connectivity index (χ2n) is 2.61. The molecule has 0 atom stereocenters. The van der Waals surface area contributed by atoms with Crippen LogP contribution in [0, 0.1) is 0 Å². The number of hydrogen-bond acceptors (Lipinski definition) is 3. The Kier molecular flexibility index (Phi) is 3.03. The molecule has 0 spiro atoms. The molecule has 1 heterocycles. The second kappa shape index (κ2) is 4.05. The Morgan fingerprint density at radius 3 is 2.69 bits per heavy atom. The third-order valence-corrected chi connectivity index (χ3v) is 1.85. The van der Waals surface area contributed by atoms with Crippen LogP contribution in [0.4, 0.5) is 0 Å². The molecule has 0 aliphatic heterocycles. The van der Waals surface area contributed by atoms with Crippen LogP contribution >= 0.6 is 11.6 Å². The largest absolute Gasteiger partial charge is 0.463 e. The molecule has 0 saturated carbocycles. The van der Waals surface area contributed by atoms with Crippen molar-refractivity contribution in [2.45, 2.75) is 6.92 Å². The van der Waals surface area contributed by atoms with E-state index in [1.165, 1.54) is 0 Å². The van der Waals surface area contributed by atoms with E-state index in [9.17, 15) is 0 Å². The first kappa shape index (κ1) is 9.74. The zero-order chi connectivity index (χ0) is 9.84. The van der Waals surface area contributed by atoms with Crippen molar-refractivity contribution < 1.29 is 4.42 Å². The zero-order valence-electron chi connectivity index (χ0n) is 7.25. The fourth-order valence-electron chi connectivity index (χ4n) is 0.816. The van der Waals surface area contributed by atoms with E-state index in [4.69, 9.17) is 27.5 Å². The van der Waals surface area contributed by atoms with E-state index in [-0.39, 0.29) is 5.16 Å². The quantitative estimate of drug-likeness (QED) is 0.565. The van der Waals surface area contributed by atoms with Crippen LogP contribution in [0.1, 0.15) is 12.7 Å². The molecule has 4 heteroatoms. The molecule has 1 aromatic rings. The summed E-state index contributed by atoms with van der Waals surface area (Å²) in [5.41, 5.74) is 12.3. The summed E-state index contributed by atoms with van der Waals surface area (Å²) < 4.78 is 5.08. The minimum atomic E-state index is 0.231. The summed E-state index contributed by atoms with van der Waals surface area (Å²) >= 11 is 5.56. The Hall–Kier alpha value is -1.35. The average Bonchev–Trinajstić information content (AvgIpc) is 2.55. The van der Waals surface area contributed by atoms with Gasteiger partial charge < -0.3 is 15.9 Å². The normalized spacial score (nSPS) is 14.2. The van der Waals surface area contributed by atoms with Gasteiger partial charge in [-0.05, 0) is 30.7 Å². The molecule has 0 aromatic carbocycles. The van der Waals surface area contributed by atoms with Crippen molar-refractivity contribution in [1.82, 2.24) is 0 Å². The predicted octanol–water partition coefficient (Wildman–Crippen LogP) is 2.01. The second-order valence-corrected chi connectivity index (χ2v) is 3.02. The summed E-state index contributed by atoms with van der Waals surface area (Å²) in [5.74, 6) is 0.609. The Labute approximate surface area is 81.7 Å². The monoisotopic (exact) mass is 198 g/mol. The molecular weight excluding hydrogens is 188 g/mol. The van der Waals surface area contributed by atoms with Gasteiger partial charge in [-0.3, -0.25) is 0 Å². The Morgan fingerprint density at radius 2 is 2.23 bits per heavy atom. The van der Waals surface area contributed by atoms with Crippen LogP contribution in [0.15, 0.2) is 39.6 Å². The number of halogens is 1. The predicted molar refractivity (Wildman–Crippen MR) is 53.6 cm³/mol. The molecule has 3 nitrogen and oxygen atoms in total. The first-order valence-corrected chi connectivity index (χ1v) is 4.12. The molecule has 70 valence electrons. The Balaban J connectivity index is 2.91. The summed E-state index contributed by atoms with van der Waals surface area (Å²) in [6.45, 7) is 1.78. The third-order valence-electron chi connectivity index (χ3n) is 1.55. The smallest absolute Gasteiger partial charge is 0.149 e. The lowest BCUT2D eigenvalue weighted by Crippen LogP contribution is -1.97. The molecule has 0 saturated heterocycles. The van der Waals surface area contributed by atoms with Crippen LogP contribution in [0.3, 0.4) is 0 Å². The van der Waals surface area contributed by atoms with Gasteiger partial charge in [0, 0.05) is 0 Å². The van der Waals surface area contributed by atoms with E-state index in [2.05, 4.69) is 0 Å². The van der Waals surface area contributed by atoms with Gasteiger partial charge in [-0.1, -0.05) is 11.6 Å². The van der Waals surface area contributed by atoms with Crippen molar-refractivity contribution in [3.63, 3.8) is 0 Å². The van der Waals surface area contributed by atoms with Gasteiger partial charge >= 0.3 is 0 Å². The number of rotatable bonds is 2. The van der Waals surface area contributed by atoms with Crippen molar-refractivity contribution in [2.75, 3.05) is 0 Å². The molecule has 0 aliphatic rings. The van der Waals surface area contributed by atoms with Crippen LogP contribution in [0.5, 0.6) is 0 Å². The highest BCUT2D eigenvalue weighted by atomic mass is 35.5. The summed E-state index contributed by atoms with van der Waals surface area (Å²) in [6.07, 6.45) is 3.22. The van der Waals surface area contributed by atoms with E-state index in [0.29, 0.717) is 11.5 Å². The lowest BCUT2D eigenvalue weighted by molar-refractivity contribution is 0.552. The fraction of sp³-hybridized carbons (Fsp3) is 0.111. The first-order chi connectivity index (χ1) is 6.11. The van der Waals surface area contributed by atoms with E-state index >= 15 is 0 Å². The van der Waals surface area contributed by atoms with Crippen molar-refractivity contribution in [3.8, 4) is 0 Å². The SMILES string of the molecule is CC(/C=C(\N)c1ccco1)=C(/N)Cl. The number of hydrogen-bond donors (Lipinski definition) is 2. The Bertz CT molecular complexity index is 335. The topological polar surface area (TPSA) is 65.2 Å². The van der Waals surface area contributed by atoms with Crippen molar-refractivity contribution >= 4 is 17.3 Å². The van der Waals surface area contributed by atoms with Gasteiger partial charge in [-0.25, -0.2) is 0 Å². The number of nitrogens with two attached hydrogens (primary N) is 2. The average molecular weight is 199 g/mol. The molecule has 13 heavy (non-hydrogen) atoms. The first-order valence-electron chi connectivity index (χ1n) is 3.74. The third kappa shape index (κ3) is 2.56. The molecule has 0 amide bonds. The lowest BCUT2D eigenvalue weighted by atomic mass is 10.2. The van der Waals surface area contributed by atoms with E-state index in [1.54, 1.807) is 31.4 Å². The maximum Gasteiger partial charge on any atom is 0.149 e. The van der Waals surface area contributed by atoms with Gasteiger partial charge in [0.15, 0.2) is 0 Å². The lowest BCUT2D eigenvalue weighted by Gasteiger charge is -1.97. The van der Waals surface area contributed by atoms with E-state index in [0.717, 1.165) is 5.57 Å². The van der Waals surface area contributed by atoms with Crippen molar-refractivity contribution in [1.29, 1.82) is 0 Å². The number of furan rings is 1. The summed E-state index contributed by atoms with van der Waals surface area (Å²) in [5, 5.41) is 0.231. The highest BCUT2D eigenvalue weighted by Crippen LogP contribution is 2.13. The van der Waals surface area contributed by atoms with Gasteiger partial charge in [0.25, 0.3) is 0 Å². The van der Waals surface area contributed by atoms with Gasteiger partial charge in [-0.15, -0.1) is 0 Å². The minimum Gasteiger partial charge on any atom is -0.463 e. The van der Waals surface area contributed by atoms with Crippen molar-refractivity contribution in [3.05, 3.63) is 41.0 Å². The standard InChI is InChI=1S/C9H11ClN2O/c1-6(9(10)12)5-7(11)8-3-2-4-13-8/h2-5H,11-12H2,1H3/b7-5-,9-6-. The van der Waals surface area contributed by atoms with Crippen LogP contribution in [-0.4, -0.2) is 0 Å². The van der Waals surface area contributed by atoms with E-state index < -0.39 is 0 Å². The molecule has 0 radical (unpaired) electrons. The molecule has 0 bridgehead atoms. The summed E-state index contributed by atoms with van der Waals surface area (Å²) in [4.78, 5) is 0. The highest BCUT2D eigenvalue weighted by Gasteiger charge is 1.99. The Morgan fingerprint density at radius 1 is 1.54 bits per heavy atom. The maximum atomic E-state index is 5.70. The molecule has 0 fully saturated rings. The fourth-order valence-corrected chi connectivity index (χ4v) is 0.871. The van der Waals surface area contributed by atoms with Crippen LogP contribution in [0.2, 0.25) is 0 Å². The van der Waals surface area contributed by atoms with E-state index in [1.807, 2.05) is 0 Å². The molecule has 4 N–H and O–H groups in total. The van der Waals surface area contributed by atoms with Crippen LogP contribution in [-0.2, 0) is 0 Å². The van der Waals surface area contributed by atoms with Crippen LogP contribution in [0.25, 0.3) is 5.70 Å². The highest BCUT2D eigenvalue weighted by molar-refractivity contribution is 6.29. The molecular formula is C9H11ClN2O. The number of allylic oxidation sites excluding steroid dienone is 2. The van der Waals surface area contributed by atoms with Gasteiger partial charge in [0.05, 0.1) is 12.0 Å². The van der Waals surface area contributed by atoms with Gasteiger partial charge in [0.2, 0.25) is 0 Å². The molecule has 1 aromatic heterocycles. The summed E-state index contributed by atoms with van der Waals surface area (Å²) in [6, 6.07) is 3.53. The molecule has 1 rings (SSSR count). The zero-order valence-corrected chi connectivity index (χ0v) is 8.01. The van der Waals surface area contributed by atoms with Gasteiger partial charge in [0.1, 0.15) is 10.9 Å². The molecule has 0 aliphatic carbocycles. The summed E-state index contributed by atoms with van der Waals surface area (Å²) in [7, 11) is 0.